The molecule has 6 heavy (non-hydrogen) atoms. The van der Waals surface area contributed by atoms with Gasteiger partial charge >= 0.3 is 0 Å². The van der Waals surface area contributed by atoms with Crippen LogP contribution in [0.25, 0.3) is 0 Å². The number of aliphatic hydroxyl groups excluding tert-OH is 2. The molecule has 0 aromatic rings. The molecule has 0 saturated heterocycles. The van der Waals surface area contributed by atoms with E-state index < -0.39 is 0 Å². The Morgan fingerprint density at radius 3 is 1.17 bits per heavy atom. The fraction of sp³-hybridized carbons (Fsp3) is 1.00. The molecule has 35 valence electrons. The van der Waals surface area contributed by atoms with Gasteiger partial charge in [-0.1, -0.05) is 0 Å². The molecule has 0 fully saturated rings. The van der Waals surface area contributed by atoms with Crippen LogP contribution in [0.5, 0.6) is 0 Å². The van der Waals surface area contributed by atoms with Gasteiger partial charge < -0.3 is 10.2 Å². The van der Waals surface area contributed by atoms with Gasteiger partial charge in [0.05, 0.1) is 13.2 Å². The van der Waals surface area contributed by atoms with Crippen LogP contribution in [-0.2, 0) is 0 Å². The number of rotatable bonds is 1. The van der Waals surface area contributed by atoms with Crippen LogP contribution in [0.3, 0.4) is 0 Å². The molecule has 3 radical (unpaired) electrons. The summed E-state index contributed by atoms with van der Waals surface area (Å²) in [5.41, 5.74) is 0. The standard InChI is InChI=1S/C2H6O2.Ce.Sb/c3-1-2-4;;/h3-4H,1-2H2;;. The van der Waals surface area contributed by atoms with E-state index in [4.69, 9.17) is 10.2 Å². The predicted molar refractivity (Wildman–Crippen MR) is 19.9 cm³/mol. The van der Waals surface area contributed by atoms with E-state index >= 15 is 0 Å². The van der Waals surface area contributed by atoms with E-state index in [2.05, 4.69) is 0 Å². The minimum atomic E-state index is -0.125. The molecular formula is C2H6CeO2Sb. The monoisotopic (exact) mass is 323 g/mol. The van der Waals surface area contributed by atoms with Gasteiger partial charge in [-0.05, 0) is 0 Å². The summed E-state index contributed by atoms with van der Waals surface area (Å²) in [6.07, 6.45) is 0. The van der Waals surface area contributed by atoms with E-state index in [1.165, 1.54) is 0 Å². The fourth-order valence-electron chi connectivity index (χ4n) is 0. The third kappa shape index (κ3) is 16.5. The molecule has 0 spiro atoms. The number of aliphatic hydroxyl groups is 2. The maximum Gasteiger partial charge on any atom is 0.0662 e. The molecule has 0 saturated carbocycles. The van der Waals surface area contributed by atoms with E-state index in [0.717, 1.165) is 0 Å². The fourth-order valence-corrected chi connectivity index (χ4v) is 0. The van der Waals surface area contributed by atoms with Gasteiger partial charge in [0.2, 0.25) is 0 Å². The first-order valence-electron chi connectivity index (χ1n) is 1.13. The van der Waals surface area contributed by atoms with E-state index in [1.807, 2.05) is 0 Å². The van der Waals surface area contributed by atoms with Crippen molar-refractivity contribution in [2.45, 2.75) is 0 Å². The van der Waals surface area contributed by atoms with Crippen LogP contribution in [0.2, 0.25) is 0 Å². The van der Waals surface area contributed by atoms with Crippen molar-refractivity contribution in [3.63, 3.8) is 0 Å². The van der Waals surface area contributed by atoms with Crippen molar-refractivity contribution in [2.75, 3.05) is 13.2 Å². The zero-order chi connectivity index (χ0) is 3.41. The SMILES string of the molecule is OCCO.[Ce].[Sb]. The Bertz CT molecular complexity index is 13.5. The molecule has 0 atom stereocenters. The molecule has 0 aromatic carbocycles. The van der Waals surface area contributed by atoms with Crippen LogP contribution >= 0.6 is 0 Å². The Hall–Kier alpha value is 2.11. The second-order valence-corrected chi connectivity index (χ2v) is 0.447. The summed E-state index contributed by atoms with van der Waals surface area (Å²) < 4.78 is 0. The molecule has 0 heterocycles. The van der Waals surface area contributed by atoms with Gasteiger partial charge in [0, 0.05) is 66.2 Å². The van der Waals surface area contributed by atoms with Gasteiger partial charge in [-0.2, -0.15) is 0 Å². The third-order valence-electron chi connectivity index (χ3n) is 0.1000. The van der Waals surface area contributed by atoms with Gasteiger partial charge in [-0.3, -0.25) is 0 Å². The summed E-state index contributed by atoms with van der Waals surface area (Å²) in [6, 6.07) is 0. The average molecular weight is 324 g/mol. The quantitative estimate of drug-likeness (QED) is 0.582. The Morgan fingerprint density at radius 2 is 1.17 bits per heavy atom. The normalized spacial score (nSPS) is 5.00. The van der Waals surface area contributed by atoms with Crippen molar-refractivity contribution < 1.29 is 52.0 Å². The summed E-state index contributed by atoms with van der Waals surface area (Å²) in [7, 11) is 0. The van der Waals surface area contributed by atoms with Crippen LogP contribution in [0.1, 0.15) is 0 Å². The van der Waals surface area contributed by atoms with Gasteiger partial charge in [0.25, 0.3) is 0 Å². The molecule has 0 aromatic heterocycles. The van der Waals surface area contributed by atoms with E-state index in [1.54, 1.807) is 0 Å². The molecule has 2 N–H and O–H groups in total. The first-order chi connectivity index (χ1) is 1.91. The van der Waals surface area contributed by atoms with E-state index in [9.17, 15) is 0 Å². The molecule has 0 rings (SSSR count). The van der Waals surface area contributed by atoms with Crippen molar-refractivity contribution in [3.8, 4) is 0 Å². The summed E-state index contributed by atoms with van der Waals surface area (Å²) in [6.45, 7) is -0.250. The third-order valence-corrected chi connectivity index (χ3v) is 0.1000. The Labute approximate surface area is 88.1 Å². The number of hydrogen-bond acceptors (Lipinski definition) is 2. The van der Waals surface area contributed by atoms with Gasteiger partial charge in [0.15, 0.2) is 0 Å². The van der Waals surface area contributed by atoms with Crippen molar-refractivity contribution in [2.24, 2.45) is 0 Å². The maximum atomic E-state index is 7.62. The van der Waals surface area contributed by atoms with Crippen molar-refractivity contribution >= 4 is 24.4 Å². The Kier molecular flexibility index (Phi) is 41.1. The first-order valence-corrected chi connectivity index (χ1v) is 1.13. The van der Waals surface area contributed by atoms with Crippen LogP contribution in [0.4, 0.5) is 0 Å². The van der Waals surface area contributed by atoms with Crippen molar-refractivity contribution in [3.05, 3.63) is 0 Å². The summed E-state index contributed by atoms with van der Waals surface area (Å²) in [5, 5.41) is 15.2. The smallest absolute Gasteiger partial charge is 0.0662 e. The molecule has 0 aliphatic heterocycles. The second kappa shape index (κ2) is 15.7. The maximum absolute atomic E-state index is 7.62. The molecule has 0 aliphatic carbocycles. The summed E-state index contributed by atoms with van der Waals surface area (Å²) >= 11 is 0. The molecule has 0 bridgehead atoms. The predicted octanol–water partition coefficient (Wildman–Crippen LogP) is -1.41. The topological polar surface area (TPSA) is 40.5 Å². The minimum Gasteiger partial charge on any atom is -0.394 e. The van der Waals surface area contributed by atoms with E-state index in [0.29, 0.717) is 0 Å². The van der Waals surface area contributed by atoms with Gasteiger partial charge in [-0.25, -0.2) is 0 Å². The van der Waals surface area contributed by atoms with Gasteiger partial charge in [0.1, 0.15) is 0 Å². The minimum absolute atomic E-state index is 0. The van der Waals surface area contributed by atoms with Crippen LogP contribution in [0, 0.1) is 41.7 Å². The molecule has 0 aliphatic rings. The van der Waals surface area contributed by atoms with Crippen LogP contribution in [0.15, 0.2) is 0 Å². The Balaban J connectivity index is -0.0000000450. The summed E-state index contributed by atoms with van der Waals surface area (Å²) in [4.78, 5) is 0. The van der Waals surface area contributed by atoms with Crippen molar-refractivity contribution in [1.82, 2.24) is 0 Å². The van der Waals surface area contributed by atoms with E-state index in [-0.39, 0.29) is 79.4 Å². The number of hydrogen-bond donors (Lipinski definition) is 2. The Morgan fingerprint density at radius 1 is 1.00 bits per heavy atom. The average Bonchev–Trinajstić information content (AvgIpc) is 1.37. The first kappa shape index (κ1) is 15.7. The molecule has 2 nitrogen and oxygen atoms in total. The summed E-state index contributed by atoms with van der Waals surface area (Å²) in [5.74, 6) is 0. The zero-order valence-corrected chi connectivity index (χ0v) is 8.95. The molecule has 4 heteroatoms. The molecule has 0 amide bonds. The molecular weight excluding hydrogens is 318 g/mol. The molecule has 0 unspecified atom stereocenters. The van der Waals surface area contributed by atoms with Crippen LogP contribution in [-0.4, -0.2) is 47.9 Å². The largest absolute Gasteiger partial charge is 0.394 e. The second-order valence-electron chi connectivity index (χ2n) is 0.447. The van der Waals surface area contributed by atoms with Gasteiger partial charge in [-0.15, -0.1) is 0 Å². The van der Waals surface area contributed by atoms with Crippen molar-refractivity contribution in [1.29, 1.82) is 0 Å². The zero-order valence-electron chi connectivity index (χ0n) is 3.26. The van der Waals surface area contributed by atoms with Crippen LogP contribution < -0.4 is 0 Å².